The Morgan fingerprint density at radius 2 is 1.18 bits per heavy atom. The number of carbonyl (C=O) groups is 4. The van der Waals surface area contributed by atoms with Crippen molar-refractivity contribution in [1.82, 2.24) is 24.5 Å². The molecule has 51 heavy (non-hydrogen) atoms. The van der Waals surface area contributed by atoms with Crippen molar-refractivity contribution in [2.45, 2.75) is 147 Å². The largest absolute Gasteiger partial charge is 0.384 e. The SMILES string of the molecule is CC(=O)N1CCC(OC2CC(OC(O)(OC3CCN(C)C3)C3CCCN3C(C)=O)CCN2C(=O)C(C)O)CC1OC1CCN(C(=O)C(C)O)CC1. The number of hydrogen-bond donors (Lipinski definition) is 3. The van der Waals surface area contributed by atoms with Crippen LogP contribution in [0.2, 0.25) is 0 Å². The Balaban J connectivity index is 1.28. The molecule has 5 fully saturated rings. The van der Waals surface area contributed by atoms with E-state index in [0.29, 0.717) is 84.1 Å². The molecule has 0 radical (unpaired) electrons. The maximum Gasteiger partial charge on any atom is 0.302 e. The van der Waals surface area contributed by atoms with Gasteiger partial charge in [-0.3, -0.25) is 19.2 Å². The molecule has 16 heteroatoms. The molecule has 0 bridgehead atoms. The van der Waals surface area contributed by atoms with E-state index >= 15 is 0 Å². The second-order valence-electron chi connectivity index (χ2n) is 15.0. The number of carbonyl (C=O) groups excluding carboxylic acids is 4. The van der Waals surface area contributed by atoms with Gasteiger partial charge in [0.05, 0.1) is 24.4 Å². The van der Waals surface area contributed by atoms with E-state index in [9.17, 15) is 34.5 Å². The first kappa shape index (κ1) is 39.8. The molecule has 0 aliphatic carbocycles. The first-order valence-corrected chi connectivity index (χ1v) is 18.7. The number of amides is 4. The molecule has 290 valence electrons. The monoisotopic (exact) mass is 725 g/mol. The fourth-order valence-corrected chi connectivity index (χ4v) is 8.23. The highest BCUT2D eigenvalue weighted by molar-refractivity contribution is 5.81. The van der Waals surface area contributed by atoms with Crippen LogP contribution in [0, 0.1) is 0 Å². The third kappa shape index (κ3) is 9.76. The normalized spacial score (nSPS) is 32.2. The summed E-state index contributed by atoms with van der Waals surface area (Å²) in [6, 6.07) is -0.691. The summed E-state index contributed by atoms with van der Waals surface area (Å²) in [5.41, 5.74) is 0. The zero-order valence-corrected chi connectivity index (χ0v) is 30.9. The summed E-state index contributed by atoms with van der Waals surface area (Å²) in [4.78, 5) is 59.2. The van der Waals surface area contributed by atoms with Crippen molar-refractivity contribution in [3.8, 4) is 0 Å². The lowest BCUT2D eigenvalue weighted by Crippen LogP contribution is -2.60. The molecule has 16 nitrogen and oxygen atoms in total. The standard InChI is InChI=1S/C35H59N5O11/c1-22(41)33(45)37-15-9-26(10-16-37)48-31-19-27(11-17-39(31)25(4)44)49-32-20-28(12-18-40(32)34(46)23(2)42)50-35(47,51-29-8-14-36(5)21-29)30-7-6-13-38(30)24(3)43/h22-23,26-32,41-42,47H,6-21H2,1-5H3. The predicted octanol–water partition coefficient (Wildman–Crippen LogP) is -0.179. The Hall–Kier alpha value is -2.44. The van der Waals surface area contributed by atoms with Gasteiger partial charge < -0.3 is 58.8 Å². The van der Waals surface area contributed by atoms with Gasteiger partial charge in [-0.25, -0.2) is 0 Å². The maximum absolute atomic E-state index is 13.2. The average Bonchev–Trinajstić information content (AvgIpc) is 3.74. The number of ether oxygens (including phenoxy) is 4. The molecule has 5 heterocycles. The summed E-state index contributed by atoms with van der Waals surface area (Å²) in [6.45, 7) is 9.24. The Morgan fingerprint density at radius 3 is 1.78 bits per heavy atom. The van der Waals surface area contributed by atoms with Crippen molar-refractivity contribution >= 4 is 23.6 Å². The van der Waals surface area contributed by atoms with Crippen molar-refractivity contribution in [1.29, 1.82) is 0 Å². The molecule has 9 atom stereocenters. The van der Waals surface area contributed by atoms with Crippen molar-refractivity contribution in [2.24, 2.45) is 0 Å². The van der Waals surface area contributed by atoms with E-state index in [0.717, 1.165) is 6.54 Å². The molecule has 0 aromatic carbocycles. The molecule has 5 aliphatic rings. The fraction of sp³-hybridized carbons (Fsp3) is 0.886. The highest BCUT2D eigenvalue weighted by Gasteiger charge is 2.51. The summed E-state index contributed by atoms with van der Waals surface area (Å²) in [5.74, 6) is -3.16. The van der Waals surface area contributed by atoms with E-state index in [-0.39, 0.29) is 42.9 Å². The minimum absolute atomic E-state index is 0.128. The molecule has 9 unspecified atom stereocenters. The van der Waals surface area contributed by atoms with Crippen molar-refractivity contribution in [2.75, 3.05) is 52.9 Å². The number of piperidine rings is 3. The van der Waals surface area contributed by atoms with Gasteiger partial charge >= 0.3 is 5.97 Å². The number of aliphatic hydroxyl groups is 3. The van der Waals surface area contributed by atoms with Crippen LogP contribution in [0.15, 0.2) is 0 Å². The topological polar surface area (TPSA) is 182 Å². The summed E-state index contributed by atoms with van der Waals surface area (Å²) in [5, 5.41) is 32.1. The molecule has 0 spiro atoms. The van der Waals surface area contributed by atoms with Crippen molar-refractivity contribution < 1.29 is 53.4 Å². The lowest BCUT2D eigenvalue weighted by Gasteiger charge is -2.47. The van der Waals surface area contributed by atoms with Gasteiger partial charge in [0.15, 0.2) is 0 Å². The van der Waals surface area contributed by atoms with Gasteiger partial charge in [-0.1, -0.05) is 0 Å². The van der Waals surface area contributed by atoms with Gasteiger partial charge in [-0.15, -0.1) is 0 Å². The lowest BCUT2D eigenvalue weighted by atomic mass is 10.0. The van der Waals surface area contributed by atoms with E-state index in [1.807, 2.05) is 7.05 Å². The Bertz CT molecular complexity index is 1230. The van der Waals surface area contributed by atoms with Crippen LogP contribution in [0.4, 0.5) is 0 Å². The van der Waals surface area contributed by atoms with Crippen LogP contribution in [0.25, 0.3) is 0 Å². The summed E-state index contributed by atoms with van der Waals surface area (Å²) >= 11 is 0. The van der Waals surface area contributed by atoms with Gasteiger partial charge in [0, 0.05) is 72.5 Å². The number of rotatable bonds is 11. The van der Waals surface area contributed by atoms with E-state index in [1.165, 1.54) is 32.6 Å². The second kappa shape index (κ2) is 17.1. The maximum atomic E-state index is 13.2. The Kier molecular flexibility index (Phi) is 13.4. The molecular formula is C35H59N5O11. The van der Waals surface area contributed by atoms with Crippen LogP contribution in [-0.2, 0) is 38.1 Å². The molecule has 0 aromatic rings. The summed E-state index contributed by atoms with van der Waals surface area (Å²) in [6.07, 6.45) is -0.715. The van der Waals surface area contributed by atoms with Crippen LogP contribution in [0.5, 0.6) is 0 Å². The quantitative estimate of drug-likeness (QED) is 0.240. The van der Waals surface area contributed by atoms with Crippen molar-refractivity contribution in [3.63, 3.8) is 0 Å². The first-order chi connectivity index (χ1) is 24.1. The number of hydrogen-bond acceptors (Lipinski definition) is 12. The Morgan fingerprint density at radius 1 is 0.647 bits per heavy atom. The highest BCUT2D eigenvalue weighted by Crippen LogP contribution is 2.36. The summed E-state index contributed by atoms with van der Waals surface area (Å²) in [7, 11) is 1.98. The number of likely N-dealkylation sites (N-methyl/N-ethyl adjacent to an activating group) is 1. The summed E-state index contributed by atoms with van der Waals surface area (Å²) < 4.78 is 25.9. The van der Waals surface area contributed by atoms with Gasteiger partial charge in [0.25, 0.3) is 11.8 Å². The molecule has 4 amide bonds. The minimum atomic E-state index is -2.06. The zero-order chi connectivity index (χ0) is 37.0. The van der Waals surface area contributed by atoms with Crippen molar-refractivity contribution in [3.05, 3.63) is 0 Å². The van der Waals surface area contributed by atoms with Crippen LogP contribution in [-0.4, -0.2) is 177 Å². The second-order valence-corrected chi connectivity index (χ2v) is 15.0. The molecule has 5 aliphatic heterocycles. The molecule has 0 saturated carbocycles. The van der Waals surface area contributed by atoms with Crippen LogP contribution in [0.1, 0.15) is 85.5 Å². The number of likely N-dealkylation sites (tertiary alicyclic amines) is 5. The fourth-order valence-electron chi connectivity index (χ4n) is 8.23. The van der Waals surface area contributed by atoms with Crippen LogP contribution < -0.4 is 0 Å². The highest BCUT2D eigenvalue weighted by atomic mass is 16.8. The number of nitrogens with zero attached hydrogens (tertiary/aromatic N) is 5. The number of aliphatic hydroxyl groups excluding tert-OH is 2. The zero-order valence-electron chi connectivity index (χ0n) is 30.9. The lowest BCUT2D eigenvalue weighted by molar-refractivity contribution is -0.409. The molecule has 5 rings (SSSR count). The molecular weight excluding hydrogens is 666 g/mol. The third-order valence-electron chi connectivity index (χ3n) is 11.0. The average molecular weight is 726 g/mol. The Labute approximate surface area is 300 Å². The predicted molar refractivity (Wildman–Crippen MR) is 181 cm³/mol. The first-order valence-electron chi connectivity index (χ1n) is 18.7. The molecule has 5 saturated heterocycles. The van der Waals surface area contributed by atoms with Gasteiger partial charge in [-0.05, 0) is 65.8 Å². The van der Waals surface area contributed by atoms with Gasteiger partial charge in [0.1, 0.15) is 30.7 Å². The van der Waals surface area contributed by atoms with E-state index in [1.54, 1.807) is 14.7 Å². The van der Waals surface area contributed by atoms with Crippen LogP contribution in [0.3, 0.4) is 0 Å². The van der Waals surface area contributed by atoms with E-state index in [2.05, 4.69) is 4.90 Å². The van der Waals surface area contributed by atoms with Gasteiger partial charge in [-0.2, -0.15) is 0 Å². The minimum Gasteiger partial charge on any atom is -0.384 e. The van der Waals surface area contributed by atoms with Crippen LogP contribution >= 0.6 is 0 Å². The van der Waals surface area contributed by atoms with E-state index < -0.39 is 54.8 Å². The third-order valence-corrected chi connectivity index (χ3v) is 11.0. The van der Waals surface area contributed by atoms with E-state index in [4.69, 9.17) is 18.9 Å². The smallest absolute Gasteiger partial charge is 0.302 e. The molecule has 0 aromatic heterocycles. The van der Waals surface area contributed by atoms with Gasteiger partial charge in [0.2, 0.25) is 11.8 Å². The molecule has 3 N–H and O–H groups in total.